The molecule has 0 atom stereocenters. The average molecular weight is 317 g/mol. The Morgan fingerprint density at radius 3 is 2.41 bits per heavy atom. The van der Waals surface area contributed by atoms with E-state index in [-0.39, 0.29) is 10.9 Å². The summed E-state index contributed by atoms with van der Waals surface area (Å²) in [5, 5.41) is 3.73. The smallest absolute Gasteiger partial charge is 0.277 e. The van der Waals surface area contributed by atoms with E-state index in [1.54, 1.807) is 12.1 Å². The molecular weight excluding hydrogens is 302 g/mol. The summed E-state index contributed by atoms with van der Waals surface area (Å²) >= 11 is 0. The molecule has 0 unspecified atom stereocenters. The minimum absolute atomic E-state index is 0.266. The maximum absolute atomic E-state index is 12.4. The van der Waals surface area contributed by atoms with Crippen LogP contribution in [0.5, 0.6) is 0 Å². The van der Waals surface area contributed by atoms with E-state index in [4.69, 9.17) is 0 Å². The summed E-state index contributed by atoms with van der Waals surface area (Å²) in [7, 11) is -3.85. The number of anilines is 1. The summed E-state index contributed by atoms with van der Waals surface area (Å²) in [5.74, 6) is 0.266. The molecule has 0 saturated carbocycles. The van der Waals surface area contributed by atoms with Crippen LogP contribution in [0.15, 0.2) is 35.5 Å². The number of hydrogen-bond donors (Lipinski definition) is 1. The van der Waals surface area contributed by atoms with E-state index in [0.29, 0.717) is 5.69 Å². The first-order chi connectivity index (χ1) is 10.3. The zero-order valence-electron chi connectivity index (χ0n) is 12.4. The van der Waals surface area contributed by atoms with Crippen molar-refractivity contribution < 1.29 is 8.42 Å². The fourth-order valence-corrected chi connectivity index (χ4v) is 3.01. The first-order valence-corrected chi connectivity index (χ1v) is 8.14. The molecule has 3 rings (SSSR count). The van der Waals surface area contributed by atoms with Crippen LogP contribution in [0, 0.1) is 20.8 Å². The lowest BCUT2D eigenvalue weighted by atomic mass is 10.2. The predicted molar refractivity (Wildman–Crippen MR) is 82.2 cm³/mol. The lowest BCUT2D eigenvalue weighted by Gasteiger charge is -2.04. The molecule has 0 radical (unpaired) electrons. The molecule has 2 aromatic heterocycles. The number of benzene rings is 1. The number of nitrogens with one attached hydrogen (secondary N) is 1. The Morgan fingerprint density at radius 1 is 1.05 bits per heavy atom. The summed E-state index contributed by atoms with van der Waals surface area (Å²) < 4.78 is 28.6. The Kier molecular flexibility index (Phi) is 3.32. The van der Waals surface area contributed by atoms with Crippen LogP contribution in [0.1, 0.15) is 17.0 Å². The minimum Gasteiger partial charge on any atom is -0.277 e. The van der Waals surface area contributed by atoms with Crippen LogP contribution in [-0.2, 0) is 10.0 Å². The molecule has 0 saturated heterocycles. The van der Waals surface area contributed by atoms with Crippen molar-refractivity contribution in [2.45, 2.75) is 25.9 Å². The third kappa shape index (κ3) is 2.64. The first kappa shape index (κ1) is 14.5. The molecule has 7 nitrogen and oxygen atoms in total. The third-order valence-corrected chi connectivity index (χ3v) is 4.30. The first-order valence-electron chi connectivity index (χ1n) is 6.66. The summed E-state index contributed by atoms with van der Waals surface area (Å²) in [6.45, 7) is 5.57. The van der Waals surface area contributed by atoms with Gasteiger partial charge in [-0.05, 0) is 39.0 Å². The molecule has 0 amide bonds. The standard InChI is InChI=1S/C14H15N5O2S/c1-9-4-6-12(7-5-9)18-22(20,21)14-16-13-15-10(2)8-11(3)19(13)17-14/h4-8,18H,1-3H3. The van der Waals surface area contributed by atoms with Crippen molar-refractivity contribution in [3.63, 3.8) is 0 Å². The van der Waals surface area contributed by atoms with Crippen molar-refractivity contribution in [2.75, 3.05) is 4.72 Å². The van der Waals surface area contributed by atoms with Gasteiger partial charge in [-0.25, -0.2) is 9.50 Å². The summed E-state index contributed by atoms with van der Waals surface area (Å²) in [6.07, 6.45) is 0. The molecule has 22 heavy (non-hydrogen) atoms. The summed E-state index contributed by atoms with van der Waals surface area (Å²) in [5.41, 5.74) is 3.04. The molecule has 0 fully saturated rings. The molecule has 2 heterocycles. The van der Waals surface area contributed by atoms with Crippen molar-refractivity contribution in [2.24, 2.45) is 0 Å². The Labute approximate surface area is 128 Å². The molecule has 1 aromatic carbocycles. The number of sulfonamides is 1. The Balaban J connectivity index is 2.02. The zero-order chi connectivity index (χ0) is 15.9. The highest BCUT2D eigenvalue weighted by atomic mass is 32.2. The van der Waals surface area contributed by atoms with Crippen molar-refractivity contribution in [3.8, 4) is 0 Å². The van der Waals surface area contributed by atoms with Gasteiger partial charge in [0, 0.05) is 17.1 Å². The van der Waals surface area contributed by atoms with Crippen LogP contribution < -0.4 is 4.72 Å². The number of aryl methyl sites for hydroxylation is 3. The van der Waals surface area contributed by atoms with Gasteiger partial charge in [-0.15, -0.1) is 5.10 Å². The second-order valence-corrected chi connectivity index (χ2v) is 6.69. The van der Waals surface area contributed by atoms with Crippen LogP contribution in [-0.4, -0.2) is 28.0 Å². The zero-order valence-corrected chi connectivity index (χ0v) is 13.2. The quantitative estimate of drug-likeness (QED) is 0.796. The number of nitrogens with zero attached hydrogens (tertiary/aromatic N) is 4. The lowest BCUT2D eigenvalue weighted by Crippen LogP contribution is -2.14. The Bertz CT molecular complexity index is 945. The average Bonchev–Trinajstić information content (AvgIpc) is 2.86. The van der Waals surface area contributed by atoms with Gasteiger partial charge >= 0.3 is 0 Å². The molecule has 114 valence electrons. The van der Waals surface area contributed by atoms with Gasteiger partial charge in [-0.3, -0.25) is 4.72 Å². The number of fused-ring (bicyclic) bond motifs is 1. The van der Waals surface area contributed by atoms with Crippen LogP contribution in [0.4, 0.5) is 5.69 Å². The number of rotatable bonds is 3. The molecule has 0 aliphatic rings. The topological polar surface area (TPSA) is 89.2 Å². The third-order valence-electron chi connectivity index (χ3n) is 3.14. The normalized spacial score (nSPS) is 11.8. The van der Waals surface area contributed by atoms with E-state index < -0.39 is 10.0 Å². The molecule has 0 spiro atoms. The molecule has 0 bridgehead atoms. The van der Waals surface area contributed by atoms with Gasteiger partial charge < -0.3 is 0 Å². The highest BCUT2D eigenvalue weighted by Crippen LogP contribution is 2.15. The van der Waals surface area contributed by atoms with Gasteiger partial charge in [0.15, 0.2) is 0 Å². The van der Waals surface area contributed by atoms with E-state index in [1.165, 1.54) is 4.52 Å². The molecule has 3 aromatic rings. The van der Waals surface area contributed by atoms with Gasteiger partial charge in [0.25, 0.3) is 21.0 Å². The van der Waals surface area contributed by atoms with Crippen LogP contribution in [0.3, 0.4) is 0 Å². The molecular formula is C14H15N5O2S. The van der Waals surface area contributed by atoms with Gasteiger partial charge in [0.05, 0.1) is 0 Å². The lowest BCUT2D eigenvalue weighted by molar-refractivity contribution is 0.592. The van der Waals surface area contributed by atoms with E-state index in [1.807, 2.05) is 39.0 Å². The molecule has 1 N–H and O–H groups in total. The monoisotopic (exact) mass is 317 g/mol. The second kappa shape index (κ2) is 5.06. The second-order valence-electron chi connectivity index (χ2n) is 5.12. The highest BCUT2D eigenvalue weighted by molar-refractivity contribution is 7.92. The maximum atomic E-state index is 12.4. The fourth-order valence-electron chi connectivity index (χ4n) is 2.08. The van der Waals surface area contributed by atoms with Crippen molar-refractivity contribution in [3.05, 3.63) is 47.3 Å². The van der Waals surface area contributed by atoms with Crippen LogP contribution >= 0.6 is 0 Å². The van der Waals surface area contributed by atoms with Crippen LogP contribution in [0.2, 0.25) is 0 Å². The fraction of sp³-hybridized carbons (Fsp3) is 0.214. The number of aromatic nitrogens is 4. The molecule has 0 aliphatic heterocycles. The van der Waals surface area contributed by atoms with Gasteiger partial charge in [0.1, 0.15) is 0 Å². The van der Waals surface area contributed by atoms with E-state index >= 15 is 0 Å². The maximum Gasteiger partial charge on any atom is 0.299 e. The van der Waals surface area contributed by atoms with E-state index in [9.17, 15) is 8.42 Å². The number of hydrogen-bond acceptors (Lipinski definition) is 5. The minimum atomic E-state index is -3.85. The molecule has 8 heteroatoms. The van der Waals surface area contributed by atoms with E-state index in [0.717, 1.165) is 17.0 Å². The predicted octanol–water partition coefficient (Wildman–Crippen LogP) is 1.85. The SMILES string of the molecule is Cc1ccc(NS(=O)(=O)c2nc3nc(C)cc(C)n3n2)cc1. The van der Waals surface area contributed by atoms with E-state index in [2.05, 4.69) is 19.8 Å². The van der Waals surface area contributed by atoms with Gasteiger partial charge in [-0.2, -0.15) is 13.4 Å². The van der Waals surface area contributed by atoms with Gasteiger partial charge in [-0.1, -0.05) is 17.7 Å². The molecule has 0 aliphatic carbocycles. The van der Waals surface area contributed by atoms with Gasteiger partial charge in [0.2, 0.25) is 0 Å². The van der Waals surface area contributed by atoms with Crippen molar-refractivity contribution in [1.29, 1.82) is 0 Å². The summed E-state index contributed by atoms with van der Waals surface area (Å²) in [6, 6.07) is 8.84. The summed E-state index contributed by atoms with van der Waals surface area (Å²) in [4.78, 5) is 8.20. The highest BCUT2D eigenvalue weighted by Gasteiger charge is 2.21. The Hall–Kier alpha value is -2.48. The van der Waals surface area contributed by atoms with Crippen molar-refractivity contribution >= 4 is 21.5 Å². The van der Waals surface area contributed by atoms with Crippen molar-refractivity contribution in [1.82, 2.24) is 19.6 Å². The van der Waals surface area contributed by atoms with Crippen LogP contribution in [0.25, 0.3) is 5.78 Å². The Morgan fingerprint density at radius 2 is 1.73 bits per heavy atom. The largest absolute Gasteiger partial charge is 0.299 e.